The molecule has 0 aromatic heterocycles. The average molecular weight is 325 g/mol. The van der Waals surface area contributed by atoms with Crippen LogP contribution in [0.1, 0.15) is 40.0 Å². The van der Waals surface area contributed by atoms with Crippen LogP contribution in [0.25, 0.3) is 0 Å². The summed E-state index contributed by atoms with van der Waals surface area (Å²) in [5, 5.41) is 0. The van der Waals surface area contributed by atoms with Crippen LogP contribution in [0, 0.1) is 41.4 Å². The van der Waals surface area contributed by atoms with Crippen molar-refractivity contribution in [3.8, 4) is 0 Å². The summed E-state index contributed by atoms with van der Waals surface area (Å²) in [6.45, 7) is 7.41. The Morgan fingerprint density at radius 2 is 1.67 bits per heavy atom. The van der Waals surface area contributed by atoms with Crippen LogP contribution in [-0.2, 0) is 4.74 Å². The van der Waals surface area contributed by atoms with Crippen molar-refractivity contribution < 1.29 is 4.74 Å². The van der Waals surface area contributed by atoms with E-state index in [2.05, 4.69) is 44.3 Å². The van der Waals surface area contributed by atoms with Crippen molar-refractivity contribution in [2.75, 3.05) is 11.5 Å². The number of epoxide rings is 1. The lowest BCUT2D eigenvalue weighted by molar-refractivity contribution is 0.127. The minimum absolute atomic E-state index is 0.547. The summed E-state index contributed by atoms with van der Waals surface area (Å²) >= 11 is 4.55. The predicted octanol–water partition coefficient (Wildman–Crippen LogP) is 4.51. The molecule has 0 amide bonds. The second-order valence-corrected chi connectivity index (χ2v) is 11.9. The summed E-state index contributed by atoms with van der Waals surface area (Å²) in [7, 11) is 0. The SMILES string of the molecule is CC1CC(C2OC2C)C2C3CC(C12)C(C1(C)SCCS1)C3. The first-order valence-corrected chi connectivity index (χ1v) is 11.0. The van der Waals surface area contributed by atoms with Gasteiger partial charge in [-0.25, -0.2) is 0 Å². The van der Waals surface area contributed by atoms with Gasteiger partial charge >= 0.3 is 0 Å². The molecule has 2 heterocycles. The third-order valence-corrected chi connectivity index (χ3v) is 11.2. The number of rotatable bonds is 2. The highest BCUT2D eigenvalue weighted by Gasteiger charge is 2.65. The molecule has 9 unspecified atom stereocenters. The zero-order chi connectivity index (χ0) is 14.4. The second kappa shape index (κ2) is 4.60. The molecule has 0 aromatic rings. The van der Waals surface area contributed by atoms with Gasteiger partial charge in [0, 0.05) is 11.5 Å². The first kappa shape index (κ1) is 14.0. The zero-order valence-corrected chi connectivity index (χ0v) is 15.1. The number of ether oxygens (including phenoxy) is 1. The van der Waals surface area contributed by atoms with Crippen LogP contribution < -0.4 is 0 Å². The summed E-state index contributed by atoms with van der Waals surface area (Å²) in [6, 6.07) is 0. The molecule has 0 spiro atoms. The molecule has 2 saturated heterocycles. The summed E-state index contributed by atoms with van der Waals surface area (Å²) in [5.74, 6) is 9.77. The van der Waals surface area contributed by atoms with Gasteiger partial charge in [-0.3, -0.25) is 0 Å². The van der Waals surface area contributed by atoms with Gasteiger partial charge in [-0.1, -0.05) is 6.92 Å². The Morgan fingerprint density at radius 3 is 2.33 bits per heavy atom. The molecule has 3 aliphatic carbocycles. The summed E-state index contributed by atoms with van der Waals surface area (Å²) in [5.41, 5.74) is 0. The molecule has 1 nitrogen and oxygen atoms in total. The van der Waals surface area contributed by atoms with Crippen LogP contribution in [0.2, 0.25) is 0 Å². The first-order chi connectivity index (χ1) is 10.1. The monoisotopic (exact) mass is 324 g/mol. The van der Waals surface area contributed by atoms with Gasteiger partial charge in [-0.05, 0) is 74.5 Å². The molecule has 0 N–H and O–H groups in total. The Balaban J connectivity index is 1.41. The zero-order valence-electron chi connectivity index (χ0n) is 13.5. The molecule has 21 heavy (non-hydrogen) atoms. The van der Waals surface area contributed by atoms with Crippen LogP contribution in [0.5, 0.6) is 0 Å². The third kappa shape index (κ3) is 1.89. The van der Waals surface area contributed by atoms with E-state index in [1.165, 1.54) is 24.3 Å². The lowest BCUT2D eigenvalue weighted by Gasteiger charge is -2.42. The smallest absolute Gasteiger partial charge is 0.0870 e. The Morgan fingerprint density at radius 1 is 0.952 bits per heavy atom. The van der Waals surface area contributed by atoms with Crippen molar-refractivity contribution >= 4 is 23.5 Å². The molecule has 9 atom stereocenters. The summed E-state index contributed by atoms with van der Waals surface area (Å²) in [4.78, 5) is 0. The predicted molar refractivity (Wildman–Crippen MR) is 91.6 cm³/mol. The molecule has 5 rings (SSSR count). The molecule has 5 aliphatic rings. The lowest BCUT2D eigenvalue weighted by atomic mass is 9.70. The Hall–Kier alpha value is 0.660. The minimum Gasteiger partial charge on any atom is -0.370 e. The van der Waals surface area contributed by atoms with Gasteiger partial charge in [-0.2, -0.15) is 0 Å². The number of fused-ring (bicyclic) bond motifs is 5. The Kier molecular flexibility index (Phi) is 3.08. The van der Waals surface area contributed by atoms with Gasteiger partial charge in [0.1, 0.15) is 0 Å². The van der Waals surface area contributed by atoms with Gasteiger partial charge in [0.25, 0.3) is 0 Å². The van der Waals surface area contributed by atoms with E-state index < -0.39 is 0 Å². The summed E-state index contributed by atoms with van der Waals surface area (Å²) in [6.07, 6.45) is 5.74. The van der Waals surface area contributed by atoms with Crippen LogP contribution in [0.15, 0.2) is 0 Å². The maximum atomic E-state index is 5.90. The highest BCUT2D eigenvalue weighted by Crippen LogP contribution is 2.70. The van der Waals surface area contributed by atoms with E-state index in [4.69, 9.17) is 4.74 Å². The van der Waals surface area contributed by atoms with Gasteiger partial charge in [0.15, 0.2) is 0 Å². The molecule has 118 valence electrons. The highest BCUT2D eigenvalue weighted by molar-refractivity contribution is 8.21. The fourth-order valence-corrected chi connectivity index (χ4v) is 10.3. The van der Waals surface area contributed by atoms with E-state index in [1.807, 2.05) is 0 Å². The van der Waals surface area contributed by atoms with Crippen LogP contribution in [0.3, 0.4) is 0 Å². The Labute approximate surface area is 137 Å². The molecular weight excluding hydrogens is 296 g/mol. The molecule has 0 aromatic carbocycles. The molecule has 0 radical (unpaired) electrons. The van der Waals surface area contributed by atoms with Crippen molar-refractivity contribution in [3.05, 3.63) is 0 Å². The van der Waals surface area contributed by atoms with Gasteiger partial charge in [-0.15, -0.1) is 23.5 Å². The van der Waals surface area contributed by atoms with Crippen molar-refractivity contribution in [3.63, 3.8) is 0 Å². The van der Waals surface area contributed by atoms with Crippen molar-refractivity contribution in [1.29, 1.82) is 0 Å². The van der Waals surface area contributed by atoms with Crippen LogP contribution in [-0.4, -0.2) is 27.8 Å². The fraction of sp³-hybridized carbons (Fsp3) is 1.00. The maximum absolute atomic E-state index is 5.90. The molecular formula is C18H28OS2. The van der Waals surface area contributed by atoms with Crippen LogP contribution >= 0.6 is 23.5 Å². The number of hydrogen-bond donors (Lipinski definition) is 0. The average Bonchev–Trinajstić information content (AvgIpc) is 2.91. The largest absolute Gasteiger partial charge is 0.370 e. The lowest BCUT2D eigenvalue weighted by Crippen LogP contribution is -2.38. The summed E-state index contributed by atoms with van der Waals surface area (Å²) < 4.78 is 6.45. The standard InChI is InChI=1S/C18H28OS2/c1-9-6-13(17-10(2)19-17)16-11-7-12(15(9)16)14(8-11)18(3)20-4-5-21-18/h9-17H,4-8H2,1-3H3. The fourth-order valence-electron chi connectivity index (χ4n) is 6.98. The highest BCUT2D eigenvalue weighted by atomic mass is 32.2. The van der Waals surface area contributed by atoms with E-state index >= 15 is 0 Å². The van der Waals surface area contributed by atoms with Crippen LogP contribution in [0.4, 0.5) is 0 Å². The van der Waals surface area contributed by atoms with Crippen molar-refractivity contribution in [2.45, 2.75) is 56.3 Å². The molecule has 2 bridgehead atoms. The Bertz CT molecular complexity index is 446. The number of thioether (sulfide) groups is 2. The van der Waals surface area contributed by atoms with E-state index in [0.717, 1.165) is 41.4 Å². The normalized spacial score (nSPS) is 60.4. The van der Waals surface area contributed by atoms with E-state index in [0.29, 0.717) is 16.3 Å². The molecule has 3 saturated carbocycles. The van der Waals surface area contributed by atoms with E-state index in [-0.39, 0.29) is 0 Å². The molecule has 2 aliphatic heterocycles. The third-order valence-electron chi connectivity index (χ3n) is 7.64. The van der Waals surface area contributed by atoms with Gasteiger partial charge in [0.05, 0.1) is 16.3 Å². The molecule has 5 fully saturated rings. The minimum atomic E-state index is 0.547. The topological polar surface area (TPSA) is 12.5 Å². The van der Waals surface area contributed by atoms with E-state index in [9.17, 15) is 0 Å². The quantitative estimate of drug-likeness (QED) is 0.693. The van der Waals surface area contributed by atoms with Gasteiger partial charge < -0.3 is 4.74 Å². The first-order valence-electron chi connectivity index (χ1n) is 9.02. The van der Waals surface area contributed by atoms with Crippen molar-refractivity contribution in [2.24, 2.45) is 41.4 Å². The van der Waals surface area contributed by atoms with Crippen molar-refractivity contribution in [1.82, 2.24) is 0 Å². The number of hydrogen-bond acceptors (Lipinski definition) is 3. The van der Waals surface area contributed by atoms with E-state index in [1.54, 1.807) is 6.42 Å². The van der Waals surface area contributed by atoms with Gasteiger partial charge in [0.2, 0.25) is 0 Å². The maximum Gasteiger partial charge on any atom is 0.0870 e. The molecule has 3 heteroatoms. The second-order valence-electron chi connectivity index (χ2n) is 8.55.